The molecule has 5 rings (SSSR count). The molecule has 2 aromatic heterocycles. The normalized spacial score (nSPS) is 15.7. The van der Waals surface area contributed by atoms with Crippen LogP contribution in [0.4, 0.5) is 0 Å². The van der Waals surface area contributed by atoms with E-state index in [0.29, 0.717) is 0 Å². The first-order valence-electron chi connectivity index (χ1n) is 8.88. The lowest BCUT2D eigenvalue weighted by Gasteiger charge is -2.22. The summed E-state index contributed by atoms with van der Waals surface area (Å²) in [5.41, 5.74) is 6.05. The lowest BCUT2D eigenvalue weighted by atomic mass is 10.00. The summed E-state index contributed by atoms with van der Waals surface area (Å²) in [7, 11) is 4.13. The van der Waals surface area contributed by atoms with E-state index in [1.807, 2.05) is 11.7 Å². The number of rotatable bonds is 2. The zero-order valence-electron chi connectivity index (χ0n) is 14.9. The fourth-order valence-electron chi connectivity index (χ4n) is 3.56. The Morgan fingerprint density at radius 3 is 2.69 bits per heavy atom. The number of aromatic nitrogens is 3. The van der Waals surface area contributed by atoms with Gasteiger partial charge in [0.1, 0.15) is 5.01 Å². The quantitative estimate of drug-likeness (QED) is 0.525. The van der Waals surface area contributed by atoms with Crippen molar-refractivity contribution in [2.45, 2.75) is 6.42 Å². The molecule has 130 valence electrons. The van der Waals surface area contributed by atoms with E-state index in [-0.39, 0.29) is 0 Å². The first-order chi connectivity index (χ1) is 12.7. The van der Waals surface area contributed by atoms with Crippen LogP contribution in [0.5, 0.6) is 0 Å². The average Bonchev–Trinajstić information content (AvgIpc) is 3.23. The van der Waals surface area contributed by atoms with Crippen LogP contribution in [0.2, 0.25) is 0 Å². The molecule has 1 aliphatic heterocycles. The first-order valence-corrected chi connectivity index (χ1v) is 9.70. The van der Waals surface area contributed by atoms with Crippen molar-refractivity contribution in [1.82, 2.24) is 19.7 Å². The van der Waals surface area contributed by atoms with E-state index in [0.717, 1.165) is 46.5 Å². The van der Waals surface area contributed by atoms with Gasteiger partial charge in [0.15, 0.2) is 0 Å². The summed E-state index contributed by atoms with van der Waals surface area (Å²) in [5.74, 6) is 0. The molecule has 0 amide bonds. The van der Waals surface area contributed by atoms with Gasteiger partial charge in [-0.15, -0.1) is 11.3 Å². The highest BCUT2D eigenvalue weighted by atomic mass is 32.1. The van der Waals surface area contributed by atoms with Crippen LogP contribution in [0.25, 0.3) is 37.3 Å². The Kier molecular flexibility index (Phi) is 3.65. The Hall–Kier alpha value is -2.50. The van der Waals surface area contributed by atoms with E-state index in [1.54, 1.807) is 11.3 Å². The highest BCUT2D eigenvalue weighted by Gasteiger charge is 2.12. The van der Waals surface area contributed by atoms with Gasteiger partial charge in [0.05, 0.1) is 15.7 Å². The summed E-state index contributed by atoms with van der Waals surface area (Å²) in [4.78, 5) is 7.21. The number of hydrogen-bond donors (Lipinski definition) is 0. The topological polar surface area (TPSA) is 34.0 Å². The molecule has 3 heterocycles. The monoisotopic (exact) mass is 360 g/mol. The molecule has 0 saturated carbocycles. The summed E-state index contributed by atoms with van der Waals surface area (Å²) in [5, 5.41) is 6.67. The number of benzene rings is 2. The fourth-order valence-corrected chi connectivity index (χ4v) is 4.56. The van der Waals surface area contributed by atoms with Crippen molar-refractivity contribution in [3.05, 3.63) is 54.2 Å². The smallest absolute Gasteiger partial charge is 0.124 e. The number of fused-ring (bicyclic) bond motifs is 2. The Morgan fingerprint density at radius 2 is 1.85 bits per heavy atom. The van der Waals surface area contributed by atoms with Gasteiger partial charge in [-0.25, -0.2) is 4.98 Å². The zero-order chi connectivity index (χ0) is 17.7. The van der Waals surface area contributed by atoms with Gasteiger partial charge in [-0.2, -0.15) is 5.10 Å². The van der Waals surface area contributed by atoms with Gasteiger partial charge in [-0.1, -0.05) is 12.1 Å². The maximum atomic E-state index is 4.86. The lowest BCUT2D eigenvalue weighted by molar-refractivity contribution is 0.370. The van der Waals surface area contributed by atoms with E-state index < -0.39 is 0 Å². The second-order valence-corrected chi connectivity index (χ2v) is 8.05. The Labute approximate surface area is 156 Å². The summed E-state index contributed by atoms with van der Waals surface area (Å²) in [6, 6.07) is 13.1. The molecule has 0 fully saturated rings. The lowest BCUT2D eigenvalue weighted by Crippen LogP contribution is -2.23. The highest BCUT2D eigenvalue weighted by molar-refractivity contribution is 7.21. The van der Waals surface area contributed by atoms with Gasteiger partial charge in [0.2, 0.25) is 0 Å². The molecule has 0 spiro atoms. The number of thiazole rings is 1. The maximum Gasteiger partial charge on any atom is 0.124 e. The second-order valence-electron chi connectivity index (χ2n) is 7.02. The number of likely N-dealkylation sites (N-methyl/N-ethyl adjacent to an activating group) is 1. The van der Waals surface area contributed by atoms with Crippen molar-refractivity contribution in [3.63, 3.8) is 0 Å². The minimum absolute atomic E-state index is 1.02. The van der Waals surface area contributed by atoms with Crippen LogP contribution < -0.4 is 0 Å². The highest BCUT2D eigenvalue weighted by Crippen LogP contribution is 2.34. The molecule has 0 saturated heterocycles. The maximum absolute atomic E-state index is 4.86. The van der Waals surface area contributed by atoms with Crippen LogP contribution in [0.3, 0.4) is 0 Å². The molecule has 0 bridgehead atoms. The SMILES string of the molecule is CN1CC=C(c2ccc3nc(-c4ccc5nn(C)cc5c4)sc3c2)CC1. The Bertz CT molecular complexity index is 1150. The van der Waals surface area contributed by atoms with Crippen molar-refractivity contribution in [1.29, 1.82) is 0 Å². The van der Waals surface area contributed by atoms with Crippen LogP contribution in [0.15, 0.2) is 48.7 Å². The van der Waals surface area contributed by atoms with E-state index in [1.165, 1.54) is 15.8 Å². The first kappa shape index (κ1) is 15.7. The van der Waals surface area contributed by atoms with Crippen molar-refractivity contribution in [2.24, 2.45) is 7.05 Å². The van der Waals surface area contributed by atoms with Gasteiger partial charge >= 0.3 is 0 Å². The molecule has 0 atom stereocenters. The van der Waals surface area contributed by atoms with Gasteiger partial charge in [-0.05, 0) is 54.9 Å². The molecule has 0 N–H and O–H groups in total. The zero-order valence-corrected chi connectivity index (χ0v) is 15.8. The van der Waals surface area contributed by atoms with Crippen molar-refractivity contribution in [2.75, 3.05) is 20.1 Å². The predicted molar refractivity (Wildman–Crippen MR) is 109 cm³/mol. The molecule has 0 unspecified atom stereocenters. The Balaban J connectivity index is 1.54. The van der Waals surface area contributed by atoms with Gasteiger partial charge < -0.3 is 4.90 Å². The van der Waals surface area contributed by atoms with Gasteiger partial charge in [0, 0.05) is 37.3 Å². The molecule has 0 aliphatic carbocycles. The molecular weight excluding hydrogens is 340 g/mol. The predicted octanol–water partition coefficient (Wildman–Crippen LogP) is 4.57. The van der Waals surface area contributed by atoms with Crippen LogP contribution >= 0.6 is 11.3 Å². The van der Waals surface area contributed by atoms with Crippen LogP contribution in [0, 0.1) is 0 Å². The van der Waals surface area contributed by atoms with Gasteiger partial charge in [-0.3, -0.25) is 4.68 Å². The molecule has 2 aromatic carbocycles. The van der Waals surface area contributed by atoms with Crippen molar-refractivity contribution in [3.8, 4) is 10.6 Å². The standard InChI is InChI=1S/C21H20N4S/c1-24-9-7-14(8-10-24)15-3-6-19-20(12-15)26-21(22-19)16-4-5-18-17(11-16)13-25(2)23-18/h3-7,11-13H,8-10H2,1-2H3. The van der Waals surface area contributed by atoms with E-state index in [2.05, 4.69) is 65.7 Å². The van der Waals surface area contributed by atoms with E-state index >= 15 is 0 Å². The molecule has 5 heteroatoms. The average molecular weight is 360 g/mol. The fraction of sp³-hybridized carbons (Fsp3) is 0.238. The van der Waals surface area contributed by atoms with Crippen LogP contribution in [-0.2, 0) is 7.05 Å². The van der Waals surface area contributed by atoms with Crippen molar-refractivity contribution >= 4 is 38.0 Å². The second kappa shape index (κ2) is 6.04. The summed E-state index contributed by atoms with van der Waals surface area (Å²) in [6.07, 6.45) is 5.52. The van der Waals surface area contributed by atoms with Gasteiger partial charge in [0.25, 0.3) is 0 Å². The summed E-state index contributed by atoms with van der Waals surface area (Å²) >= 11 is 1.77. The molecule has 26 heavy (non-hydrogen) atoms. The number of nitrogens with zero attached hydrogens (tertiary/aromatic N) is 4. The van der Waals surface area contributed by atoms with Crippen molar-refractivity contribution < 1.29 is 0 Å². The third kappa shape index (κ3) is 2.73. The third-order valence-corrected chi connectivity index (χ3v) is 6.10. The summed E-state index contributed by atoms with van der Waals surface area (Å²) in [6.45, 7) is 2.16. The largest absolute Gasteiger partial charge is 0.302 e. The van der Waals surface area contributed by atoms with Crippen LogP contribution in [0.1, 0.15) is 12.0 Å². The minimum Gasteiger partial charge on any atom is -0.302 e. The Morgan fingerprint density at radius 1 is 1.00 bits per heavy atom. The number of hydrogen-bond acceptors (Lipinski definition) is 4. The van der Waals surface area contributed by atoms with Crippen LogP contribution in [-0.4, -0.2) is 39.8 Å². The molecule has 4 nitrogen and oxygen atoms in total. The molecular formula is C21H20N4S. The molecule has 1 aliphatic rings. The van der Waals surface area contributed by atoms with E-state index in [4.69, 9.17) is 4.98 Å². The minimum atomic E-state index is 1.02. The summed E-state index contributed by atoms with van der Waals surface area (Å²) < 4.78 is 3.11. The number of aryl methyl sites for hydroxylation is 1. The molecule has 4 aromatic rings. The van der Waals surface area contributed by atoms with E-state index in [9.17, 15) is 0 Å². The molecule has 0 radical (unpaired) electrons. The third-order valence-electron chi connectivity index (χ3n) is 5.04.